The average Bonchev–Trinajstić information content (AvgIpc) is 3.44. The molecule has 0 spiro atoms. The Bertz CT molecular complexity index is 2700. The standard InChI is InChI=1S/2C29H31N3O4.H2O/c2*1-35-26-12-8-23(19-27(26)36-2)29(34)31-16-14-30(15-17-31)24-10-11-25-22(18-24)9-13-28(33)32(25)20-21-6-4-3-5-7-21;/h2*3-8,10-12,18-19H,9,13-17,20H2,1-2H3;1H2. The van der Waals surface area contributed by atoms with Gasteiger partial charge in [-0.2, -0.15) is 0 Å². The number of piperazine rings is 2. The summed E-state index contributed by atoms with van der Waals surface area (Å²) < 4.78 is 21.3. The maximum Gasteiger partial charge on any atom is 0.254 e. The monoisotopic (exact) mass is 988 g/mol. The number of ether oxygens (including phenoxy) is 4. The summed E-state index contributed by atoms with van der Waals surface area (Å²) in [4.78, 5) is 63.8. The van der Waals surface area contributed by atoms with Crippen LogP contribution in [0.25, 0.3) is 0 Å². The van der Waals surface area contributed by atoms with Gasteiger partial charge >= 0.3 is 0 Å². The molecule has 0 saturated carbocycles. The number of aryl methyl sites for hydroxylation is 2. The van der Waals surface area contributed by atoms with Crippen LogP contribution in [0.15, 0.2) is 133 Å². The number of rotatable bonds is 12. The van der Waals surface area contributed by atoms with Gasteiger partial charge < -0.3 is 53.8 Å². The first-order valence-electron chi connectivity index (χ1n) is 24.6. The van der Waals surface area contributed by atoms with E-state index < -0.39 is 0 Å². The highest BCUT2D eigenvalue weighted by molar-refractivity contribution is 5.98. The molecule has 15 heteroatoms. The second kappa shape index (κ2) is 23.5. The van der Waals surface area contributed by atoms with Crippen LogP contribution in [0, 0.1) is 0 Å². The molecule has 4 amide bonds. The van der Waals surface area contributed by atoms with Gasteiger partial charge in [0.2, 0.25) is 11.8 Å². The summed E-state index contributed by atoms with van der Waals surface area (Å²) in [6.07, 6.45) is 2.56. The highest BCUT2D eigenvalue weighted by Gasteiger charge is 2.30. The van der Waals surface area contributed by atoms with Crippen LogP contribution in [0.4, 0.5) is 22.7 Å². The molecule has 0 aromatic heterocycles. The van der Waals surface area contributed by atoms with E-state index in [1.165, 1.54) is 11.1 Å². The van der Waals surface area contributed by atoms with Crippen molar-refractivity contribution in [3.05, 3.63) is 167 Å². The SMILES string of the molecule is COc1ccc(C(=O)N2CCN(c3ccc4c(c3)CCC(=O)N4Cc3ccccc3)CC2)cc1OC.COc1ccc(C(=O)N2CCN(c3ccc4c(c3)CCC(=O)N4Cc3ccccc3)CC2)cc1OC.O. The van der Waals surface area contributed by atoms with Crippen molar-refractivity contribution in [1.82, 2.24) is 9.80 Å². The first-order chi connectivity index (χ1) is 35.1. The minimum atomic E-state index is -0.00360. The number of nitrogens with zero attached hydrogens (tertiary/aromatic N) is 6. The zero-order chi connectivity index (χ0) is 50.1. The molecule has 6 aromatic rings. The zero-order valence-corrected chi connectivity index (χ0v) is 42.1. The Labute approximate surface area is 427 Å². The van der Waals surface area contributed by atoms with E-state index in [1.54, 1.807) is 64.8 Å². The maximum atomic E-state index is 13.1. The highest BCUT2D eigenvalue weighted by Crippen LogP contribution is 2.36. The Hall–Kier alpha value is -8.04. The van der Waals surface area contributed by atoms with Gasteiger partial charge in [0.25, 0.3) is 11.8 Å². The van der Waals surface area contributed by atoms with E-state index in [0.29, 0.717) is 86.2 Å². The van der Waals surface area contributed by atoms with Crippen molar-refractivity contribution in [3.8, 4) is 23.0 Å². The smallest absolute Gasteiger partial charge is 0.254 e. The number of amides is 4. The third-order valence-electron chi connectivity index (χ3n) is 14.0. The lowest BCUT2D eigenvalue weighted by atomic mass is 9.99. The fourth-order valence-corrected chi connectivity index (χ4v) is 10.0. The molecule has 4 heterocycles. The number of hydrogen-bond donors (Lipinski definition) is 0. The van der Waals surface area contributed by atoms with Crippen molar-refractivity contribution in [2.45, 2.75) is 38.8 Å². The van der Waals surface area contributed by atoms with Crippen molar-refractivity contribution in [3.63, 3.8) is 0 Å². The van der Waals surface area contributed by atoms with Gasteiger partial charge in [-0.05, 0) is 108 Å². The summed E-state index contributed by atoms with van der Waals surface area (Å²) in [6.45, 7) is 6.76. The lowest BCUT2D eigenvalue weighted by Gasteiger charge is -2.37. The molecule has 0 unspecified atom stereocenters. The van der Waals surface area contributed by atoms with Crippen LogP contribution in [-0.2, 0) is 35.5 Å². The van der Waals surface area contributed by atoms with Crippen LogP contribution in [0.1, 0.15) is 55.8 Å². The summed E-state index contributed by atoms with van der Waals surface area (Å²) in [6, 6.07) is 43.5. The van der Waals surface area contributed by atoms with Crippen LogP contribution in [0.2, 0.25) is 0 Å². The van der Waals surface area contributed by atoms with Gasteiger partial charge in [0, 0.05) is 99.1 Å². The van der Waals surface area contributed by atoms with Crippen molar-refractivity contribution < 1.29 is 43.6 Å². The molecule has 6 aromatic carbocycles. The van der Waals surface area contributed by atoms with Gasteiger partial charge in [-0.25, -0.2) is 0 Å². The van der Waals surface area contributed by atoms with Gasteiger partial charge in [0.05, 0.1) is 41.5 Å². The molecular formula is C58H64N6O9. The van der Waals surface area contributed by atoms with E-state index >= 15 is 0 Å². The van der Waals surface area contributed by atoms with Crippen LogP contribution in [0.5, 0.6) is 23.0 Å². The van der Waals surface area contributed by atoms with E-state index in [1.807, 2.05) is 56.0 Å². The zero-order valence-electron chi connectivity index (χ0n) is 42.1. The third-order valence-corrected chi connectivity index (χ3v) is 14.0. The number of carbonyl (C=O) groups is 4. The second-order valence-electron chi connectivity index (χ2n) is 18.3. The second-order valence-corrected chi connectivity index (χ2v) is 18.3. The van der Waals surface area contributed by atoms with Crippen molar-refractivity contribution in [1.29, 1.82) is 0 Å². The molecule has 0 radical (unpaired) electrons. The molecule has 2 fully saturated rings. The number of fused-ring (bicyclic) bond motifs is 2. The van der Waals surface area contributed by atoms with Gasteiger partial charge in [0.15, 0.2) is 23.0 Å². The molecule has 2 saturated heterocycles. The van der Waals surface area contributed by atoms with E-state index in [2.05, 4.69) is 70.5 Å². The Morgan fingerprint density at radius 1 is 0.425 bits per heavy atom. The lowest BCUT2D eigenvalue weighted by Crippen LogP contribution is -2.48. The molecule has 4 aliphatic rings. The summed E-state index contributed by atoms with van der Waals surface area (Å²) in [5, 5.41) is 0. The number of methoxy groups -OCH3 is 4. The summed E-state index contributed by atoms with van der Waals surface area (Å²) in [7, 11) is 6.30. The molecule has 0 aliphatic carbocycles. The number of hydrogen-bond acceptors (Lipinski definition) is 10. The molecule has 380 valence electrons. The van der Waals surface area contributed by atoms with Crippen molar-refractivity contribution in [2.75, 3.05) is 100 Å². The topological polar surface area (TPSA) is 156 Å². The molecule has 15 nitrogen and oxygen atoms in total. The number of anilines is 4. The third kappa shape index (κ3) is 11.5. The lowest BCUT2D eigenvalue weighted by molar-refractivity contribution is -0.119. The largest absolute Gasteiger partial charge is 0.493 e. The molecule has 0 bridgehead atoms. The van der Waals surface area contributed by atoms with Crippen LogP contribution >= 0.6 is 0 Å². The molecule has 4 aliphatic heterocycles. The quantitative estimate of drug-likeness (QED) is 0.121. The Morgan fingerprint density at radius 3 is 1.15 bits per heavy atom. The van der Waals surface area contributed by atoms with Crippen LogP contribution in [0.3, 0.4) is 0 Å². The average molecular weight is 989 g/mol. The predicted octanol–water partition coefficient (Wildman–Crippen LogP) is 7.47. The molecule has 2 N–H and O–H groups in total. The van der Waals surface area contributed by atoms with Crippen molar-refractivity contribution in [2.24, 2.45) is 0 Å². The summed E-state index contributed by atoms with van der Waals surface area (Å²) >= 11 is 0. The molecule has 73 heavy (non-hydrogen) atoms. The Kier molecular flexibility index (Phi) is 16.5. The fraction of sp³-hybridized carbons (Fsp3) is 0.310. The first kappa shape index (κ1) is 51.3. The summed E-state index contributed by atoms with van der Waals surface area (Å²) in [5.74, 6) is 2.65. The Balaban J connectivity index is 0.000000192. The van der Waals surface area contributed by atoms with Gasteiger partial charge in [0.1, 0.15) is 0 Å². The van der Waals surface area contributed by atoms with Gasteiger partial charge in [-0.1, -0.05) is 60.7 Å². The maximum absolute atomic E-state index is 13.1. The first-order valence-corrected chi connectivity index (χ1v) is 24.6. The number of carbonyl (C=O) groups excluding carboxylic acids is 4. The molecule has 0 atom stereocenters. The fourth-order valence-electron chi connectivity index (χ4n) is 10.0. The van der Waals surface area contributed by atoms with E-state index in [0.717, 1.165) is 72.9 Å². The predicted molar refractivity (Wildman–Crippen MR) is 284 cm³/mol. The Morgan fingerprint density at radius 2 is 0.795 bits per heavy atom. The summed E-state index contributed by atoms with van der Waals surface area (Å²) in [5.41, 5.74) is 10.1. The minimum Gasteiger partial charge on any atom is -0.493 e. The van der Waals surface area contributed by atoms with Gasteiger partial charge in [-0.3, -0.25) is 19.2 Å². The normalized spacial score (nSPS) is 15.3. The van der Waals surface area contributed by atoms with Crippen LogP contribution in [-0.4, -0.2) is 120 Å². The molecular weight excluding hydrogens is 925 g/mol. The van der Waals surface area contributed by atoms with Crippen molar-refractivity contribution >= 4 is 46.4 Å². The van der Waals surface area contributed by atoms with Crippen LogP contribution < -0.4 is 38.5 Å². The van der Waals surface area contributed by atoms with E-state index in [4.69, 9.17) is 18.9 Å². The number of benzene rings is 6. The highest BCUT2D eigenvalue weighted by atomic mass is 16.5. The minimum absolute atomic E-state index is 0. The van der Waals surface area contributed by atoms with E-state index in [9.17, 15) is 19.2 Å². The van der Waals surface area contributed by atoms with Gasteiger partial charge in [-0.15, -0.1) is 0 Å². The molecule has 10 rings (SSSR count). The van der Waals surface area contributed by atoms with E-state index in [-0.39, 0.29) is 29.1 Å².